The topological polar surface area (TPSA) is 67.6 Å². The highest BCUT2D eigenvalue weighted by molar-refractivity contribution is 5.98. The lowest BCUT2D eigenvalue weighted by Gasteiger charge is -2.31. The number of amides is 1. The van der Waals surface area contributed by atoms with Crippen LogP contribution in [0.2, 0.25) is 0 Å². The van der Waals surface area contributed by atoms with Crippen molar-refractivity contribution in [1.29, 1.82) is 0 Å². The van der Waals surface area contributed by atoms with Crippen molar-refractivity contribution in [2.75, 3.05) is 31.6 Å². The van der Waals surface area contributed by atoms with Gasteiger partial charge in [-0.15, -0.1) is 24.8 Å². The molecule has 0 unspecified atom stereocenters. The van der Waals surface area contributed by atoms with E-state index in [1.165, 1.54) is 37.9 Å². The summed E-state index contributed by atoms with van der Waals surface area (Å²) >= 11 is 0. The molecule has 25 heavy (non-hydrogen) atoms. The smallest absolute Gasteiger partial charge is 0.244 e. The first-order chi connectivity index (χ1) is 11.2. The van der Waals surface area contributed by atoms with Gasteiger partial charge in [-0.2, -0.15) is 0 Å². The van der Waals surface area contributed by atoms with Crippen molar-refractivity contribution in [1.82, 2.24) is 4.90 Å². The molecule has 0 atom stereocenters. The minimum Gasteiger partial charge on any atom is -0.381 e. The average molecular weight is 390 g/mol. The second kappa shape index (κ2) is 10.3. The molecular weight excluding hydrogens is 361 g/mol. The van der Waals surface area contributed by atoms with Crippen LogP contribution in [0.5, 0.6) is 0 Å². The summed E-state index contributed by atoms with van der Waals surface area (Å²) < 4.78 is 5.30. The molecule has 2 fully saturated rings. The quantitative estimate of drug-likeness (QED) is 0.830. The molecule has 5 nitrogen and oxygen atoms in total. The first-order valence-electron chi connectivity index (χ1n) is 8.65. The van der Waals surface area contributed by atoms with E-state index in [1.807, 2.05) is 12.1 Å². The Balaban J connectivity index is 0.00000156. The predicted molar refractivity (Wildman–Crippen MR) is 106 cm³/mol. The van der Waals surface area contributed by atoms with Crippen molar-refractivity contribution < 1.29 is 9.53 Å². The van der Waals surface area contributed by atoms with Crippen LogP contribution in [0.25, 0.3) is 0 Å². The lowest BCUT2D eigenvalue weighted by Crippen LogP contribution is -2.54. The van der Waals surface area contributed by atoms with Gasteiger partial charge >= 0.3 is 0 Å². The molecule has 2 saturated heterocycles. The summed E-state index contributed by atoms with van der Waals surface area (Å²) in [6.07, 6.45) is 5.07. The van der Waals surface area contributed by atoms with E-state index in [-0.39, 0.29) is 30.7 Å². The summed E-state index contributed by atoms with van der Waals surface area (Å²) in [4.78, 5) is 15.0. The Hall–Kier alpha value is -0.850. The third kappa shape index (κ3) is 6.12. The van der Waals surface area contributed by atoms with Crippen LogP contribution in [0.3, 0.4) is 0 Å². The fourth-order valence-electron chi connectivity index (χ4n) is 3.34. The predicted octanol–water partition coefficient (Wildman–Crippen LogP) is 2.96. The number of anilines is 1. The average Bonchev–Trinajstić information content (AvgIpc) is 2.57. The van der Waals surface area contributed by atoms with Gasteiger partial charge < -0.3 is 15.8 Å². The number of piperidine rings is 1. The number of carbonyl (C=O) groups excluding carboxylic acids is 1. The van der Waals surface area contributed by atoms with E-state index in [1.54, 1.807) is 0 Å². The number of ether oxygens (including phenoxy) is 1. The zero-order valence-electron chi connectivity index (χ0n) is 14.5. The van der Waals surface area contributed by atoms with E-state index >= 15 is 0 Å². The van der Waals surface area contributed by atoms with Gasteiger partial charge in [-0.25, -0.2) is 0 Å². The molecule has 0 radical (unpaired) electrons. The number of halogens is 2. The van der Waals surface area contributed by atoms with Crippen molar-refractivity contribution in [3.63, 3.8) is 0 Å². The molecule has 1 aromatic carbocycles. The Morgan fingerprint density at radius 2 is 1.84 bits per heavy atom. The number of nitrogens with two attached hydrogens (primary N) is 1. The van der Waals surface area contributed by atoms with Gasteiger partial charge in [0.25, 0.3) is 0 Å². The maximum atomic E-state index is 12.5. The lowest BCUT2D eigenvalue weighted by molar-refractivity contribution is -0.124. The van der Waals surface area contributed by atoms with Gasteiger partial charge in [-0.05, 0) is 56.5 Å². The zero-order chi connectivity index (χ0) is 16.1. The molecule has 1 amide bonds. The minimum atomic E-state index is -0.804. The lowest BCUT2D eigenvalue weighted by atomic mass is 9.90. The van der Waals surface area contributed by atoms with E-state index in [9.17, 15) is 4.79 Å². The molecule has 0 aliphatic carbocycles. The maximum absolute atomic E-state index is 12.5. The minimum absolute atomic E-state index is 0. The Bertz CT molecular complexity index is 545. The molecule has 0 aromatic heterocycles. The third-order valence-corrected chi connectivity index (χ3v) is 4.88. The highest BCUT2D eigenvalue weighted by atomic mass is 35.5. The highest BCUT2D eigenvalue weighted by Crippen LogP contribution is 2.21. The van der Waals surface area contributed by atoms with Crippen molar-refractivity contribution in [2.24, 2.45) is 5.73 Å². The molecule has 3 N–H and O–H groups in total. The van der Waals surface area contributed by atoms with Gasteiger partial charge in [0, 0.05) is 25.4 Å². The molecule has 2 aliphatic heterocycles. The van der Waals surface area contributed by atoms with Gasteiger partial charge in [0.05, 0.1) is 0 Å². The fourth-order valence-corrected chi connectivity index (χ4v) is 3.34. The molecule has 142 valence electrons. The molecule has 1 aromatic rings. The van der Waals surface area contributed by atoms with Crippen LogP contribution in [-0.4, -0.2) is 42.6 Å². The second-order valence-corrected chi connectivity index (χ2v) is 6.76. The van der Waals surface area contributed by atoms with Crippen LogP contribution in [0.15, 0.2) is 24.3 Å². The Labute approximate surface area is 162 Å². The molecule has 0 spiro atoms. The normalized spacial score (nSPS) is 20.0. The van der Waals surface area contributed by atoms with Crippen LogP contribution < -0.4 is 11.1 Å². The monoisotopic (exact) mass is 389 g/mol. The SMILES string of the molecule is Cl.Cl.NC1(C(=O)Nc2cccc(CN3CCCCC3)c2)CCOCC1. The summed E-state index contributed by atoms with van der Waals surface area (Å²) in [5.74, 6) is -0.101. The number of carbonyl (C=O) groups is 1. The van der Waals surface area contributed by atoms with Crippen molar-refractivity contribution >= 4 is 36.4 Å². The zero-order valence-corrected chi connectivity index (χ0v) is 16.2. The fraction of sp³-hybridized carbons (Fsp3) is 0.611. The number of nitrogens with one attached hydrogen (secondary N) is 1. The largest absolute Gasteiger partial charge is 0.381 e. The maximum Gasteiger partial charge on any atom is 0.244 e. The van der Waals surface area contributed by atoms with E-state index in [2.05, 4.69) is 22.3 Å². The van der Waals surface area contributed by atoms with Gasteiger partial charge in [0.15, 0.2) is 0 Å². The third-order valence-electron chi connectivity index (χ3n) is 4.88. The Morgan fingerprint density at radius 3 is 2.52 bits per heavy atom. The molecule has 2 aliphatic rings. The van der Waals surface area contributed by atoms with Gasteiger partial charge in [-0.3, -0.25) is 9.69 Å². The van der Waals surface area contributed by atoms with E-state index in [0.717, 1.165) is 12.2 Å². The van der Waals surface area contributed by atoms with Crippen molar-refractivity contribution in [3.05, 3.63) is 29.8 Å². The first-order valence-corrected chi connectivity index (χ1v) is 8.65. The van der Waals surface area contributed by atoms with E-state index in [0.29, 0.717) is 26.1 Å². The van der Waals surface area contributed by atoms with Gasteiger partial charge in [0.2, 0.25) is 5.91 Å². The van der Waals surface area contributed by atoms with Crippen molar-refractivity contribution in [3.8, 4) is 0 Å². The van der Waals surface area contributed by atoms with Crippen LogP contribution in [0, 0.1) is 0 Å². The first kappa shape index (κ1) is 22.2. The van der Waals surface area contributed by atoms with Gasteiger partial charge in [0.1, 0.15) is 5.54 Å². The molecule has 7 heteroatoms. The second-order valence-electron chi connectivity index (χ2n) is 6.76. The standard InChI is InChI=1S/C18H27N3O2.2ClH/c19-18(7-11-23-12-8-18)17(22)20-16-6-4-5-15(13-16)14-21-9-2-1-3-10-21;;/h4-6,13H,1-3,7-12,14,19H2,(H,20,22);2*1H. The highest BCUT2D eigenvalue weighted by Gasteiger charge is 2.35. The van der Waals surface area contributed by atoms with Crippen molar-refractivity contribution in [2.45, 2.75) is 44.2 Å². The number of rotatable bonds is 4. The molecule has 0 bridgehead atoms. The Morgan fingerprint density at radius 1 is 1.16 bits per heavy atom. The molecular formula is C18H29Cl2N3O2. The summed E-state index contributed by atoms with van der Waals surface area (Å²) in [6.45, 7) is 4.40. The summed E-state index contributed by atoms with van der Waals surface area (Å²) in [5.41, 5.74) is 7.51. The summed E-state index contributed by atoms with van der Waals surface area (Å²) in [6, 6.07) is 8.12. The summed E-state index contributed by atoms with van der Waals surface area (Å²) in [7, 11) is 0. The summed E-state index contributed by atoms with van der Waals surface area (Å²) in [5, 5.41) is 2.99. The molecule has 3 rings (SSSR count). The molecule has 2 heterocycles. The Kier molecular flexibility index (Phi) is 9.17. The van der Waals surface area contributed by atoms with E-state index < -0.39 is 5.54 Å². The van der Waals surface area contributed by atoms with Crippen LogP contribution >= 0.6 is 24.8 Å². The number of likely N-dealkylation sites (tertiary alicyclic amines) is 1. The number of hydrogen-bond donors (Lipinski definition) is 2. The van der Waals surface area contributed by atoms with Crippen LogP contribution in [0.4, 0.5) is 5.69 Å². The van der Waals surface area contributed by atoms with Gasteiger partial charge in [-0.1, -0.05) is 18.6 Å². The number of hydrogen-bond acceptors (Lipinski definition) is 4. The van der Waals surface area contributed by atoms with E-state index in [4.69, 9.17) is 10.5 Å². The number of benzene rings is 1. The van der Waals surface area contributed by atoms with Crippen LogP contribution in [-0.2, 0) is 16.1 Å². The molecule has 0 saturated carbocycles. The van der Waals surface area contributed by atoms with Crippen LogP contribution in [0.1, 0.15) is 37.7 Å². The number of nitrogens with zero attached hydrogens (tertiary/aromatic N) is 1.